The van der Waals surface area contributed by atoms with Gasteiger partial charge >= 0.3 is 6.03 Å². The molecule has 1 aliphatic rings. The second kappa shape index (κ2) is 6.78. The summed E-state index contributed by atoms with van der Waals surface area (Å²) in [5.41, 5.74) is 0.752. The van der Waals surface area contributed by atoms with Gasteiger partial charge in [-0.15, -0.1) is 0 Å². The molecule has 2 rings (SSSR count). The van der Waals surface area contributed by atoms with Crippen LogP contribution in [0.1, 0.15) is 25.7 Å². The molecule has 0 radical (unpaired) electrons. The number of hydrogen-bond acceptors (Lipinski definition) is 2. The molecular weight excluding hydrogens is 264 g/mol. The largest absolute Gasteiger partial charge is 0.396 e. The van der Waals surface area contributed by atoms with Crippen LogP contribution in [0, 0.1) is 0 Å². The van der Waals surface area contributed by atoms with Gasteiger partial charge in [-0.05, 0) is 49.9 Å². The van der Waals surface area contributed by atoms with Gasteiger partial charge in [-0.3, -0.25) is 0 Å². The molecule has 0 aliphatic carbocycles. The summed E-state index contributed by atoms with van der Waals surface area (Å²) >= 11 is 5.81. The molecule has 1 fully saturated rings. The monoisotopic (exact) mass is 282 g/mol. The van der Waals surface area contributed by atoms with E-state index in [9.17, 15) is 4.79 Å². The van der Waals surface area contributed by atoms with Gasteiger partial charge in [0, 0.05) is 29.9 Å². The molecule has 1 aromatic carbocycles. The molecule has 1 aromatic rings. The molecule has 1 unspecified atom stereocenters. The van der Waals surface area contributed by atoms with Crippen LogP contribution in [0.4, 0.5) is 10.5 Å². The van der Waals surface area contributed by atoms with Gasteiger partial charge in [0.05, 0.1) is 0 Å². The molecule has 104 valence electrons. The van der Waals surface area contributed by atoms with Crippen molar-refractivity contribution in [3.63, 3.8) is 0 Å². The Bertz CT molecular complexity index is 422. The number of nitrogens with zero attached hydrogens (tertiary/aromatic N) is 1. The Balaban J connectivity index is 1.93. The maximum atomic E-state index is 12.2. The fourth-order valence-corrected chi connectivity index (χ4v) is 2.58. The Hall–Kier alpha value is -1.26. The average Bonchev–Trinajstić information content (AvgIpc) is 2.87. The van der Waals surface area contributed by atoms with Gasteiger partial charge in [-0.25, -0.2) is 4.79 Å². The predicted molar refractivity (Wildman–Crippen MR) is 76.5 cm³/mol. The number of carbonyl (C=O) groups excluding carboxylic acids is 1. The molecule has 1 atom stereocenters. The van der Waals surface area contributed by atoms with Crippen molar-refractivity contribution in [1.82, 2.24) is 4.90 Å². The maximum absolute atomic E-state index is 12.2. The summed E-state index contributed by atoms with van der Waals surface area (Å²) in [6.07, 6.45) is 3.66. The van der Waals surface area contributed by atoms with Crippen LogP contribution in [0.5, 0.6) is 0 Å². The number of benzene rings is 1. The van der Waals surface area contributed by atoms with E-state index in [1.54, 1.807) is 24.3 Å². The van der Waals surface area contributed by atoms with E-state index >= 15 is 0 Å². The molecule has 2 amide bonds. The second-order valence-corrected chi connectivity index (χ2v) is 5.23. The first-order chi connectivity index (χ1) is 9.20. The highest BCUT2D eigenvalue weighted by Crippen LogP contribution is 2.22. The van der Waals surface area contributed by atoms with Crippen LogP contribution in [-0.2, 0) is 0 Å². The number of nitrogens with one attached hydrogen (secondary N) is 1. The number of carbonyl (C=O) groups is 1. The van der Waals surface area contributed by atoms with E-state index in [1.807, 2.05) is 4.90 Å². The smallest absolute Gasteiger partial charge is 0.322 e. The first-order valence-electron chi connectivity index (χ1n) is 6.65. The Labute approximate surface area is 118 Å². The summed E-state index contributed by atoms with van der Waals surface area (Å²) in [6, 6.07) is 7.27. The van der Waals surface area contributed by atoms with Gasteiger partial charge < -0.3 is 15.3 Å². The molecular formula is C14H19ClN2O2. The number of anilines is 1. The average molecular weight is 283 g/mol. The summed E-state index contributed by atoms with van der Waals surface area (Å²) in [5, 5.41) is 12.4. The minimum atomic E-state index is -0.0669. The maximum Gasteiger partial charge on any atom is 0.322 e. The summed E-state index contributed by atoms with van der Waals surface area (Å²) in [6.45, 7) is 0.971. The lowest BCUT2D eigenvalue weighted by Crippen LogP contribution is -2.38. The molecule has 0 bridgehead atoms. The Kier molecular flexibility index (Phi) is 5.05. The first-order valence-corrected chi connectivity index (χ1v) is 7.02. The van der Waals surface area contributed by atoms with Crippen LogP contribution in [0.25, 0.3) is 0 Å². The Morgan fingerprint density at radius 3 is 2.84 bits per heavy atom. The van der Waals surface area contributed by atoms with Crippen molar-refractivity contribution in [2.75, 3.05) is 18.5 Å². The SMILES string of the molecule is O=C(Nc1ccc(Cl)cc1)N1CCCC1CCCO. The van der Waals surface area contributed by atoms with E-state index in [-0.39, 0.29) is 18.7 Å². The number of hydrogen-bond donors (Lipinski definition) is 2. The number of aliphatic hydroxyl groups excluding tert-OH is 1. The molecule has 19 heavy (non-hydrogen) atoms. The van der Waals surface area contributed by atoms with E-state index in [1.165, 1.54) is 0 Å². The molecule has 0 spiro atoms. The van der Waals surface area contributed by atoms with Gasteiger partial charge in [-0.1, -0.05) is 11.6 Å². The number of urea groups is 1. The van der Waals surface area contributed by atoms with Crippen molar-refractivity contribution in [3.05, 3.63) is 29.3 Å². The molecule has 1 aliphatic heterocycles. The summed E-state index contributed by atoms with van der Waals surface area (Å²) in [5.74, 6) is 0. The highest BCUT2D eigenvalue weighted by molar-refractivity contribution is 6.30. The lowest BCUT2D eigenvalue weighted by molar-refractivity contribution is 0.197. The van der Waals surface area contributed by atoms with Crippen LogP contribution in [0.3, 0.4) is 0 Å². The lowest BCUT2D eigenvalue weighted by Gasteiger charge is -2.24. The van der Waals surface area contributed by atoms with Crippen LogP contribution >= 0.6 is 11.6 Å². The number of amides is 2. The van der Waals surface area contributed by atoms with Crippen molar-refractivity contribution in [3.8, 4) is 0 Å². The van der Waals surface area contributed by atoms with Crippen molar-refractivity contribution in [2.45, 2.75) is 31.7 Å². The van der Waals surface area contributed by atoms with Gasteiger partial charge in [0.1, 0.15) is 0 Å². The van der Waals surface area contributed by atoms with Crippen LogP contribution in [-0.4, -0.2) is 35.2 Å². The molecule has 2 N–H and O–H groups in total. The van der Waals surface area contributed by atoms with Crippen molar-refractivity contribution >= 4 is 23.3 Å². The van der Waals surface area contributed by atoms with Gasteiger partial charge in [0.15, 0.2) is 0 Å². The van der Waals surface area contributed by atoms with Gasteiger partial charge in [0.25, 0.3) is 0 Å². The van der Waals surface area contributed by atoms with E-state index in [2.05, 4.69) is 5.32 Å². The van der Waals surface area contributed by atoms with E-state index in [0.29, 0.717) is 5.02 Å². The van der Waals surface area contributed by atoms with Gasteiger partial charge in [-0.2, -0.15) is 0 Å². The molecule has 1 heterocycles. The van der Waals surface area contributed by atoms with Gasteiger partial charge in [0.2, 0.25) is 0 Å². The standard InChI is InChI=1S/C14H19ClN2O2/c15-11-5-7-12(8-6-11)16-14(19)17-9-1-3-13(17)4-2-10-18/h5-8,13,18H,1-4,9-10H2,(H,16,19). The Morgan fingerprint density at radius 2 is 2.16 bits per heavy atom. The number of likely N-dealkylation sites (tertiary alicyclic amines) is 1. The summed E-state index contributed by atoms with van der Waals surface area (Å²) in [7, 11) is 0. The zero-order valence-corrected chi connectivity index (χ0v) is 11.6. The fraction of sp³-hybridized carbons (Fsp3) is 0.500. The van der Waals surface area contributed by atoms with Crippen molar-refractivity contribution in [1.29, 1.82) is 0 Å². The topological polar surface area (TPSA) is 52.6 Å². The fourth-order valence-electron chi connectivity index (χ4n) is 2.46. The van der Waals surface area contributed by atoms with Crippen molar-refractivity contribution < 1.29 is 9.90 Å². The van der Waals surface area contributed by atoms with Crippen molar-refractivity contribution in [2.24, 2.45) is 0 Å². The normalized spacial score (nSPS) is 18.6. The molecule has 4 nitrogen and oxygen atoms in total. The third kappa shape index (κ3) is 3.85. The zero-order chi connectivity index (χ0) is 13.7. The van der Waals surface area contributed by atoms with Crippen LogP contribution < -0.4 is 5.32 Å². The molecule has 0 saturated carbocycles. The molecule has 5 heteroatoms. The zero-order valence-electron chi connectivity index (χ0n) is 10.8. The quantitative estimate of drug-likeness (QED) is 0.891. The molecule has 1 saturated heterocycles. The second-order valence-electron chi connectivity index (χ2n) is 4.79. The van der Waals surface area contributed by atoms with Crippen LogP contribution in [0.15, 0.2) is 24.3 Å². The number of halogens is 1. The Morgan fingerprint density at radius 1 is 1.42 bits per heavy atom. The first kappa shape index (κ1) is 14.2. The van der Waals surface area contributed by atoms with E-state index in [4.69, 9.17) is 16.7 Å². The number of aliphatic hydroxyl groups is 1. The van der Waals surface area contributed by atoms with Crippen LogP contribution in [0.2, 0.25) is 5.02 Å². The minimum Gasteiger partial charge on any atom is -0.396 e. The lowest BCUT2D eigenvalue weighted by atomic mass is 10.1. The summed E-state index contributed by atoms with van der Waals surface area (Å²) < 4.78 is 0. The third-order valence-electron chi connectivity index (χ3n) is 3.43. The summed E-state index contributed by atoms with van der Waals surface area (Å²) in [4.78, 5) is 14.1. The molecule has 0 aromatic heterocycles. The number of rotatable bonds is 4. The third-order valence-corrected chi connectivity index (χ3v) is 3.68. The van der Waals surface area contributed by atoms with E-state index in [0.717, 1.165) is 37.9 Å². The van der Waals surface area contributed by atoms with E-state index < -0.39 is 0 Å². The highest BCUT2D eigenvalue weighted by Gasteiger charge is 2.28. The minimum absolute atomic E-state index is 0.0669. The highest BCUT2D eigenvalue weighted by atomic mass is 35.5. The predicted octanol–water partition coefficient (Wildman–Crippen LogP) is 3.11.